The first-order valence-corrected chi connectivity index (χ1v) is 5.10. The zero-order valence-corrected chi connectivity index (χ0v) is 11.9. The number of aryl methyl sites for hydroxylation is 2. The third-order valence-electron chi connectivity index (χ3n) is 1.99. The van der Waals surface area contributed by atoms with Gasteiger partial charge in [0, 0.05) is 44.7 Å². The molecule has 4 nitrogen and oxygen atoms in total. The molecule has 0 fully saturated rings. The number of rotatable bonds is 1. The second kappa shape index (κ2) is 4.68. The van der Waals surface area contributed by atoms with Gasteiger partial charge in [-0.2, -0.15) is 16.9 Å². The van der Waals surface area contributed by atoms with Crippen molar-refractivity contribution < 1.29 is 32.7 Å². The first kappa shape index (κ1) is 12.1. The minimum Gasteiger partial charge on any atom is -0.348 e. The third-order valence-corrected chi connectivity index (χ3v) is 2.62. The summed E-state index contributed by atoms with van der Waals surface area (Å²) < 4.78 is 1.76. The van der Waals surface area contributed by atoms with Gasteiger partial charge < -0.3 is 9.97 Å². The molecular formula is C8H9N4SY-. The molecule has 0 aliphatic carbocycles. The van der Waals surface area contributed by atoms with Gasteiger partial charge in [-0.1, -0.05) is 0 Å². The summed E-state index contributed by atoms with van der Waals surface area (Å²) in [6.07, 6.45) is 4.59. The Labute approximate surface area is 112 Å². The van der Waals surface area contributed by atoms with E-state index in [-0.39, 0.29) is 32.7 Å². The van der Waals surface area contributed by atoms with E-state index in [1.165, 1.54) is 11.8 Å². The van der Waals surface area contributed by atoms with Crippen LogP contribution in [-0.4, -0.2) is 25.8 Å². The van der Waals surface area contributed by atoms with Gasteiger partial charge in [-0.25, -0.2) is 0 Å². The summed E-state index contributed by atoms with van der Waals surface area (Å²) in [6, 6.07) is 0. The van der Waals surface area contributed by atoms with E-state index in [9.17, 15) is 0 Å². The van der Waals surface area contributed by atoms with Gasteiger partial charge in [0.2, 0.25) is 0 Å². The van der Waals surface area contributed by atoms with Crippen LogP contribution in [0.1, 0.15) is 11.3 Å². The SMILES string of the molecule is CSc1n[c-]nc2c(C)c(C)nn12.[Y]. The van der Waals surface area contributed by atoms with E-state index in [1.54, 1.807) is 4.52 Å². The summed E-state index contributed by atoms with van der Waals surface area (Å²) in [6.45, 7) is 3.97. The number of hydrogen-bond acceptors (Lipinski definition) is 4. The smallest absolute Gasteiger partial charge is 0.0781 e. The Hall–Kier alpha value is 0.00390. The first-order chi connectivity index (χ1) is 6.24. The Morgan fingerprint density at radius 2 is 2.00 bits per heavy atom. The summed E-state index contributed by atoms with van der Waals surface area (Å²) >= 11 is 1.54. The molecule has 2 heterocycles. The summed E-state index contributed by atoms with van der Waals surface area (Å²) in [5, 5.41) is 5.15. The summed E-state index contributed by atoms with van der Waals surface area (Å²) in [7, 11) is 0. The average molecular weight is 282 g/mol. The van der Waals surface area contributed by atoms with Crippen molar-refractivity contribution in [2.45, 2.75) is 19.0 Å². The molecule has 0 aliphatic heterocycles. The van der Waals surface area contributed by atoms with E-state index < -0.39 is 0 Å². The molecule has 1 radical (unpaired) electrons. The Morgan fingerprint density at radius 1 is 1.29 bits per heavy atom. The van der Waals surface area contributed by atoms with Crippen LogP contribution in [0.15, 0.2) is 5.16 Å². The molecule has 0 unspecified atom stereocenters. The van der Waals surface area contributed by atoms with Gasteiger partial charge in [-0.3, -0.25) is 4.52 Å². The zero-order valence-electron chi connectivity index (χ0n) is 8.27. The quantitative estimate of drug-likeness (QED) is 0.583. The normalized spacial score (nSPS) is 10.2. The Kier molecular flexibility index (Phi) is 4.04. The number of thioether (sulfide) groups is 1. The van der Waals surface area contributed by atoms with Crippen LogP contribution < -0.4 is 0 Å². The summed E-state index contributed by atoms with van der Waals surface area (Å²) in [5.41, 5.74) is 2.93. The van der Waals surface area contributed by atoms with E-state index in [0.29, 0.717) is 0 Å². The van der Waals surface area contributed by atoms with E-state index in [1.807, 2.05) is 20.1 Å². The molecule has 0 bridgehead atoms. The number of fused-ring (bicyclic) bond motifs is 1. The van der Waals surface area contributed by atoms with Crippen LogP contribution in [0.3, 0.4) is 0 Å². The third kappa shape index (κ3) is 1.85. The van der Waals surface area contributed by atoms with Crippen molar-refractivity contribution in [1.29, 1.82) is 0 Å². The number of nitrogens with zero attached hydrogens (tertiary/aromatic N) is 4. The standard InChI is InChI=1S/C8H9N4S.Y/c1-5-6(2)11-12-7(5)9-4-10-8(12)13-3;/h1-3H3;/q-1;. The summed E-state index contributed by atoms with van der Waals surface area (Å²) in [5.74, 6) is 0. The van der Waals surface area contributed by atoms with Crippen LogP contribution in [0.5, 0.6) is 0 Å². The largest absolute Gasteiger partial charge is 0.348 e. The second-order valence-corrected chi connectivity index (χ2v) is 3.53. The summed E-state index contributed by atoms with van der Waals surface area (Å²) in [4.78, 5) is 8.07. The van der Waals surface area contributed by atoms with Crippen molar-refractivity contribution in [1.82, 2.24) is 19.6 Å². The van der Waals surface area contributed by atoms with E-state index in [4.69, 9.17) is 0 Å². The molecule has 2 rings (SSSR count). The molecule has 2 aromatic rings. The van der Waals surface area contributed by atoms with Crippen LogP contribution in [0.2, 0.25) is 0 Å². The Bertz CT molecular complexity index is 454. The van der Waals surface area contributed by atoms with Crippen LogP contribution in [0, 0.1) is 20.2 Å². The fourth-order valence-electron chi connectivity index (χ4n) is 1.15. The molecule has 0 N–H and O–H groups in total. The maximum Gasteiger partial charge on any atom is 0.0781 e. The molecule has 0 saturated heterocycles. The maximum absolute atomic E-state index is 4.33. The molecule has 71 valence electrons. The first-order valence-electron chi connectivity index (χ1n) is 3.88. The topological polar surface area (TPSA) is 43.1 Å². The minimum absolute atomic E-state index is 0. The molecule has 14 heavy (non-hydrogen) atoms. The molecule has 2 aromatic heterocycles. The minimum atomic E-state index is 0. The van der Waals surface area contributed by atoms with Crippen LogP contribution in [0.25, 0.3) is 5.65 Å². The van der Waals surface area contributed by atoms with Crippen molar-refractivity contribution in [2.24, 2.45) is 0 Å². The fourth-order valence-corrected chi connectivity index (χ4v) is 1.58. The molecule has 6 heteroatoms. The van der Waals surface area contributed by atoms with E-state index in [2.05, 4.69) is 21.4 Å². The molecule has 0 saturated carbocycles. The van der Waals surface area contributed by atoms with Gasteiger partial charge in [-0.15, -0.1) is 0 Å². The number of aromatic nitrogens is 4. The van der Waals surface area contributed by atoms with Gasteiger partial charge in [0.05, 0.1) is 10.9 Å². The molecular weight excluding hydrogens is 273 g/mol. The maximum atomic E-state index is 4.33. The predicted octanol–water partition coefficient (Wildman–Crippen LogP) is 1.26. The van der Waals surface area contributed by atoms with Gasteiger partial charge in [-0.05, 0) is 25.7 Å². The van der Waals surface area contributed by atoms with Crippen molar-refractivity contribution >= 4 is 17.4 Å². The molecule has 0 aromatic carbocycles. The fraction of sp³-hybridized carbons (Fsp3) is 0.375. The van der Waals surface area contributed by atoms with Gasteiger partial charge in [0.1, 0.15) is 0 Å². The van der Waals surface area contributed by atoms with Gasteiger partial charge in [0.25, 0.3) is 0 Å². The van der Waals surface area contributed by atoms with Gasteiger partial charge in [0.15, 0.2) is 0 Å². The van der Waals surface area contributed by atoms with Crippen molar-refractivity contribution in [3.63, 3.8) is 0 Å². The van der Waals surface area contributed by atoms with Gasteiger partial charge >= 0.3 is 0 Å². The second-order valence-electron chi connectivity index (χ2n) is 2.76. The predicted molar refractivity (Wildman–Crippen MR) is 50.9 cm³/mol. The average Bonchev–Trinajstić information content (AvgIpc) is 2.43. The Morgan fingerprint density at radius 3 is 2.64 bits per heavy atom. The van der Waals surface area contributed by atoms with Crippen LogP contribution in [0.4, 0.5) is 0 Å². The molecule has 0 atom stereocenters. The zero-order chi connectivity index (χ0) is 9.42. The van der Waals surface area contributed by atoms with Crippen molar-refractivity contribution in [3.8, 4) is 0 Å². The van der Waals surface area contributed by atoms with E-state index >= 15 is 0 Å². The monoisotopic (exact) mass is 282 g/mol. The van der Waals surface area contributed by atoms with E-state index in [0.717, 1.165) is 22.1 Å². The Balaban J connectivity index is 0.000000980. The molecule has 0 spiro atoms. The number of hydrogen-bond donors (Lipinski definition) is 0. The van der Waals surface area contributed by atoms with Crippen molar-refractivity contribution in [3.05, 3.63) is 17.6 Å². The molecule has 0 aliphatic rings. The van der Waals surface area contributed by atoms with Crippen LogP contribution in [-0.2, 0) is 32.7 Å². The van der Waals surface area contributed by atoms with Crippen molar-refractivity contribution in [2.75, 3.05) is 6.26 Å². The van der Waals surface area contributed by atoms with Crippen LogP contribution >= 0.6 is 11.8 Å². The molecule has 0 amide bonds.